The third kappa shape index (κ3) is 3.77. The smallest absolute Gasteiger partial charge is 0.312 e. The van der Waals surface area contributed by atoms with Gasteiger partial charge in [0, 0.05) is 76.2 Å². The molecule has 7 nitrogen and oxygen atoms in total. The van der Waals surface area contributed by atoms with Crippen LogP contribution in [0.1, 0.15) is 44.1 Å². The minimum atomic E-state index is -0.627. The predicted octanol–water partition coefficient (Wildman–Crippen LogP) is 1.75. The number of hydrogen-bond acceptors (Lipinski definition) is 5. The van der Waals surface area contributed by atoms with E-state index in [1.54, 1.807) is 0 Å². The summed E-state index contributed by atoms with van der Waals surface area (Å²) in [7, 11) is 0. The number of unbranched alkanes of at least 4 members (excludes halogenated alkanes) is 1. The topological polar surface area (TPSA) is 81.7 Å². The Bertz CT molecular complexity index is 657. The van der Waals surface area contributed by atoms with E-state index in [2.05, 4.69) is 26.7 Å². The molecule has 3 aliphatic heterocycles. The van der Waals surface area contributed by atoms with Gasteiger partial charge in [-0.1, -0.05) is 13.3 Å². The largest absolute Gasteiger partial charge is 0.481 e. The van der Waals surface area contributed by atoms with Gasteiger partial charge in [-0.3, -0.25) is 14.6 Å². The van der Waals surface area contributed by atoms with E-state index in [4.69, 9.17) is 4.74 Å². The molecule has 150 valence electrons. The molecule has 0 aliphatic carbocycles. The number of imidazole rings is 1. The lowest BCUT2D eigenvalue weighted by atomic mass is 9.81. The van der Waals surface area contributed by atoms with Crippen LogP contribution in [0.4, 0.5) is 0 Å². The second-order valence-corrected chi connectivity index (χ2v) is 8.56. The van der Waals surface area contributed by atoms with Crippen LogP contribution < -0.4 is 0 Å². The van der Waals surface area contributed by atoms with Crippen LogP contribution in [-0.2, 0) is 22.5 Å². The number of nitrogens with one attached hydrogen (secondary N) is 1. The second kappa shape index (κ2) is 7.89. The van der Waals surface area contributed by atoms with E-state index < -0.39 is 11.4 Å². The lowest BCUT2D eigenvalue weighted by Crippen LogP contribution is -2.44. The second-order valence-electron chi connectivity index (χ2n) is 8.56. The molecule has 2 N–H and O–H groups in total. The molecule has 3 saturated heterocycles. The molecule has 0 amide bonds. The monoisotopic (exact) mass is 376 g/mol. The Morgan fingerprint density at radius 3 is 2.89 bits per heavy atom. The van der Waals surface area contributed by atoms with Crippen molar-refractivity contribution in [3.63, 3.8) is 0 Å². The van der Waals surface area contributed by atoms with Crippen molar-refractivity contribution in [3.8, 4) is 0 Å². The van der Waals surface area contributed by atoms with Crippen molar-refractivity contribution < 1.29 is 14.6 Å². The van der Waals surface area contributed by atoms with Crippen LogP contribution in [0.3, 0.4) is 0 Å². The van der Waals surface area contributed by atoms with Crippen LogP contribution in [0.5, 0.6) is 0 Å². The van der Waals surface area contributed by atoms with Crippen molar-refractivity contribution in [2.45, 2.75) is 51.6 Å². The number of carbonyl (C=O) groups is 1. The number of hydrogen-bond donors (Lipinski definition) is 2. The molecule has 0 unspecified atom stereocenters. The highest BCUT2D eigenvalue weighted by Crippen LogP contribution is 2.44. The molecule has 3 fully saturated rings. The molecule has 1 aromatic rings. The van der Waals surface area contributed by atoms with Crippen molar-refractivity contribution in [2.24, 2.45) is 11.3 Å². The van der Waals surface area contributed by atoms with Crippen molar-refractivity contribution >= 4 is 5.97 Å². The summed E-state index contributed by atoms with van der Waals surface area (Å²) in [6, 6.07) is 0.489. The van der Waals surface area contributed by atoms with Gasteiger partial charge >= 0.3 is 5.97 Å². The first kappa shape index (κ1) is 18.9. The highest BCUT2D eigenvalue weighted by molar-refractivity contribution is 5.77. The van der Waals surface area contributed by atoms with Gasteiger partial charge in [-0.25, -0.2) is 4.98 Å². The van der Waals surface area contributed by atoms with Crippen molar-refractivity contribution in [1.29, 1.82) is 0 Å². The number of aryl methyl sites for hydroxylation is 1. The first-order chi connectivity index (χ1) is 13.1. The van der Waals surface area contributed by atoms with E-state index in [1.807, 2.05) is 6.20 Å². The normalized spacial score (nSPS) is 30.0. The number of rotatable bonds is 7. The lowest BCUT2D eigenvalue weighted by molar-refractivity contribution is -0.149. The Balaban J connectivity index is 1.39. The maximum atomic E-state index is 12.3. The number of H-pyrrole nitrogens is 1. The molecule has 3 aliphatic rings. The number of aromatic nitrogens is 2. The van der Waals surface area contributed by atoms with Crippen LogP contribution in [0.2, 0.25) is 0 Å². The van der Waals surface area contributed by atoms with Crippen LogP contribution in [-0.4, -0.2) is 76.3 Å². The molecule has 0 bridgehead atoms. The van der Waals surface area contributed by atoms with Gasteiger partial charge in [0.2, 0.25) is 0 Å². The Morgan fingerprint density at radius 2 is 2.19 bits per heavy atom. The first-order valence-electron chi connectivity index (χ1n) is 10.4. The molecule has 0 spiro atoms. The molecule has 4 heterocycles. The zero-order valence-electron chi connectivity index (χ0n) is 16.3. The van der Waals surface area contributed by atoms with E-state index >= 15 is 0 Å². The average Bonchev–Trinajstić information content (AvgIpc) is 3.34. The highest BCUT2D eigenvalue weighted by Gasteiger charge is 2.58. The highest BCUT2D eigenvalue weighted by atomic mass is 16.5. The fourth-order valence-electron chi connectivity index (χ4n) is 5.16. The summed E-state index contributed by atoms with van der Waals surface area (Å²) in [5.41, 5.74) is 0.478. The quantitative estimate of drug-likeness (QED) is 0.755. The number of fused-ring (bicyclic) bond motifs is 1. The van der Waals surface area contributed by atoms with Crippen LogP contribution >= 0.6 is 0 Å². The molecule has 4 rings (SSSR count). The minimum Gasteiger partial charge on any atom is -0.481 e. The third-order valence-corrected chi connectivity index (χ3v) is 6.68. The van der Waals surface area contributed by atoms with Gasteiger partial charge < -0.3 is 14.8 Å². The van der Waals surface area contributed by atoms with Gasteiger partial charge in [-0.05, 0) is 19.3 Å². The van der Waals surface area contributed by atoms with Gasteiger partial charge in [-0.15, -0.1) is 0 Å². The van der Waals surface area contributed by atoms with Gasteiger partial charge in [0.15, 0.2) is 0 Å². The summed E-state index contributed by atoms with van der Waals surface area (Å²) in [6.07, 6.45) is 7.26. The molecular formula is C20H32N4O3. The standard InChI is InChI=1S/C20H32N4O3/c1-2-3-4-18-21-9-16(22-18)12-23-10-15-11-24(17-5-7-27-8-6-17)14-20(15,13-23)19(25)26/h9,15,17H,2-8,10-14H2,1H3,(H,21,22)(H,25,26)/t15-,20-/m0/s1. The summed E-state index contributed by atoms with van der Waals surface area (Å²) < 4.78 is 5.48. The molecule has 1 aromatic heterocycles. The predicted molar refractivity (Wildman–Crippen MR) is 101 cm³/mol. The van der Waals surface area contributed by atoms with Gasteiger partial charge in [0.1, 0.15) is 5.82 Å². The van der Waals surface area contributed by atoms with Crippen LogP contribution in [0.15, 0.2) is 6.20 Å². The van der Waals surface area contributed by atoms with E-state index in [-0.39, 0.29) is 5.92 Å². The minimum absolute atomic E-state index is 0.209. The molecule has 27 heavy (non-hydrogen) atoms. The van der Waals surface area contributed by atoms with E-state index in [0.717, 1.165) is 76.5 Å². The maximum absolute atomic E-state index is 12.3. The van der Waals surface area contributed by atoms with Crippen LogP contribution in [0, 0.1) is 11.3 Å². The van der Waals surface area contributed by atoms with Gasteiger partial charge in [0.25, 0.3) is 0 Å². The number of aliphatic carboxylic acids is 1. The fourth-order valence-corrected chi connectivity index (χ4v) is 5.16. The summed E-state index contributed by atoms with van der Waals surface area (Å²) in [4.78, 5) is 24.9. The van der Waals surface area contributed by atoms with Crippen LogP contribution in [0.25, 0.3) is 0 Å². The van der Waals surface area contributed by atoms with E-state index in [1.165, 1.54) is 0 Å². The summed E-state index contributed by atoms with van der Waals surface area (Å²) in [5.74, 6) is 0.628. The van der Waals surface area contributed by atoms with Gasteiger partial charge in [0.05, 0.1) is 5.41 Å². The molecular weight excluding hydrogens is 344 g/mol. The van der Waals surface area contributed by atoms with E-state index in [9.17, 15) is 9.90 Å². The summed E-state index contributed by atoms with van der Waals surface area (Å²) in [5, 5.41) is 10.1. The number of ether oxygens (including phenoxy) is 1. The molecule has 0 aromatic carbocycles. The fraction of sp³-hybridized carbons (Fsp3) is 0.800. The molecule has 2 atom stereocenters. The number of likely N-dealkylation sites (tertiary alicyclic amines) is 2. The number of carboxylic acid groups (broad SMARTS) is 1. The zero-order chi connectivity index (χ0) is 18.9. The van der Waals surface area contributed by atoms with E-state index in [0.29, 0.717) is 19.1 Å². The third-order valence-electron chi connectivity index (χ3n) is 6.68. The maximum Gasteiger partial charge on any atom is 0.312 e. The SMILES string of the molecule is CCCCc1ncc(CN2C[C@H]3CN(C4CCOCC4)C[C@@]3(C(=O)O)C2)[nH]1. The molecule has 0 saturated carbocycles. The summed E-state index contributed by atoms with van der Waals surface area (Å²) >= 11 is 0. The van der Waals surface area contributed by atoms with Crippen molar-refractivity contribution in [2.75, 3.05) is 39.4 Å². The lowest BCUT2D eigenvalue weighted by Gasteiger charge is -2.33. The average molecular weight is 377 g/mol. The number of carboxylic acids is 1. The van der Waals surface area contributed by atoms with Crippen molar-refractivity contribution in [3.05, 3.63) is 17.7 Å². The molecule has 7 heteroatoms. The Hall–Kier alpha value is -1.44. The number of nitrogens with zero attached hydrogens (tertiary/aromatic N) is 3. The summed E-state index contributed by atoms with van der Waals surface area (Å²) in [6.45, 7) is 7.63. The van der Waals surface area contributed by atoms with Gasteiger partial charge in [-0.2, -0.15) is 0 Å². The first-order valence-corrected chi connectivity index (χ1v) is 10.4. The number of aromatic amines is 1. The Kier molecular flexibility index (Phi) is 5.53. The van der Waals surface area contributed by atoms with Crippen molar-refractivity contribution in [1.82, 2.24) is 19.8 Å². The zero-order valence-corrected chi connectivity index (χ0v) is 16.3. The Morgan fingerprint density at radius 1 is 1.37 bits per heavy atom. The molecule has 0 radical (unpaired) electrons. The Labute approximate surface area is 161 Å².